The van der Waals surface area contributed by atoms with Crippen LogP contribution in [-0.4, -0.2) is 50.4 Å². The summed E-state index contributed by atoms with van der Waals surface area (Å²) in [5.41, 5.74) is 2.14. The van der Waals surface area contributed by atoms with E-state index >= 15 is 0 Å². The maximum atomic E-state index is 5.78. The molecule has 0 saturated carbocycles. The van der Waals surface area contributed by atoms with Gasteiger partial charge in [0.25, 0.3) is 0 Å². The highest BCUT2D eigenvalue weighted by molar-refractivity contribution is 9.10. The van der Waals surface area contributed by atoms with Gasteiger partial charge in [0.05, 0.1) is 24.4 Å². The van der Waals surface area contributed by atoms with Gasteiger partial charge in [0.2, 0.25) is 0 Å². The topological polar surface area (TPSA) is 56.1 Å². The lowest BCUT2D eigenvalue weighted by Crippen LogP contribution is -2.45. The van der Waals surface area contributed by atoms with Gasteiger partial charge < -0.3 is 4.74 Å². The summed E-state index contributed by atoms with van der Waals surface area (Å²) < 4.78 is 8.66. The molecule has 0 spiro atoms. The van der Waals surface area contributed by atoms with Crippen LogP contribution in [0.5, 0.6) is 0 Å². The first-order chi connectivity index (χ1) is 10.5. The number of nitrogens with zero attached hydrogens (tertiary/aromatic N) is 5. The Morgan fingerprint density at radius 3 is 2.68 bits per heavy atom. The normalized spacial score (nSPS) is 22.9. The molecule has 1 aromatic carbocycles. The lowest BCUT2D eigenvalue weighted by atomic mass is 10.2. The number of tetrazole rings is 1. The summed E-state index contributed by atoms with van der Waals surface area (Å²) in [4.78, 5) is 2.34. The highest BCUT2D eigenvalue weighted by atomic mass is 79.9. The molecule has 7 heteroatoms. The molecule has 0 amide bonds. The third kappa shape index (κ3) is 3.37. The lowest BCUT2D eigenvalue weighted by molar-refractivity contribution is -0.0712. The zero-order valence-corrected chi connectivity index (χ0v) is 14.6. The summed E-state index contributed by atoms with van der Waals surface area (Å²) in [5, 5.41) is 12.2. The minimum atomic E-state index is 0.238. The van der Waals surface area contributed by atoms with Crippen molar-refractivity contribution in [2.45, 2.75) is 39.5 Å². The first-order valence-corrected chi connectivity index (χ1v) is 8.24. The van der Waals surface area contributed by atoms with Crippen LogP contribution in [0, 0.1) is 6.92 Å². The molecule has 2 atom stereocenters. The quantitative estimate of drug-likeness (QED) is 0.835. The molecule has 2 heterocycles. The molecular formula is C15H20BrN5O. The third-order valence-electron chi connectivity index (χ3n) is 3.78. The summed E-state index contributed by atoms with van der Waals surface area (Å²) in [5.74, 6) is 0.853. The lowest BCUT2D eigenvalue weighted by Gasteiger charge is -2.34. The zero-order chi connectivity index (χ0) is 15.7. The summed E-state index contributed by atoms with van der Waals surface area (Å²) in [7, 11) is 0. The van der Waals surface area contributed by atoms with Gasteiger partial charge in [-0.2, -0.15) is 4.68 Å². The number of morpholine rings is 1. The molecule has 118 valence electrons. The first-order valence-electron chi connectivity index (χ1n) is 7.44. The number of halogens is 1. The van der Waals surface area contributed by atoms with E-state index in [1.165, 1.54) is 0 Å². The second-order valence-electron chi connectivity index (χ2n) is 5.89. The van der Waals surface area contributed by atoms with Gasteiger partial charge in [0.15, 0.2) is 5.82 Å². The van der Waals surface area contributed by atoms with Gasteiger partial charge in [-0.25, -0.2) is 0 Å². The van der Waals surface area contributed by atoms with E-state index in [1.54, 1.807) is 0 Å². The van der Waals surface area contributed by atoms with E-state index in [2.05, 4.69) is 63.2 Å². The van der Waals surface area contributed by atoms with Crippen LogP contribution in [0.25, 0.3) is 5.69 Å². The van der Waals surface area contributed by atoms with Gasteiger partial charge in [-0.05, 0) is 55.0 Å². The minimum absolute atomic E-state index is 0.238. The van der Waals surface area contributed by atoms with E-state index < -0.39 is 0 Å². The molecule has 1 aliphatic rings. The molecule has 0 unspecified atom stereocenters. The predicted molar refractivity (Wildman–Crippen MR) is 86.9 cm³/mol. The Morgan fingerprint density at radius 1 is 1.27 bits per heavy atom. The second-order valence-corrected chi connectivity index (χ2v) is 6.80. The fourth-order valence-electron chi connectivity index (χ4n) is 2.96. The van der Waals surface area contributed by atoms with Crippen molar-refractivity contribution >= 4 is 15.9 Å². The fourth-order valence-corrected chi connectivity index (χ4v) is 3.44. The Bertz CT molecular complexity index is 649. The van der Waals surface area contributed by atoms with Crippen molar-refractivity contribution < 1.29 is 4.74 Å². The predicted octanol–water partition coefficient (Wildman–Crippen LogP) is 2.34. The van der Waals surface area contributed by atoms with Gasteiger partial charge in [0, 0.05) is 17.6 Å². The van der Waals surface area contributed by atoms with Gasteiger partial charge in [-0.3, -0.25) is 4.90 Å². The van der Waals surface area contributed by atoms with Gasteiger partial charge in [-0.15, -0.1) is 5.10 Å². The maximum absolute atomic E-state index is 5.78. The molecule has 3 rings (SSSR count). The molecule has 1 aromatic heterocycles. The van der Waals surface area contributed by atoms with Crippen molar-refractivity contribution in [1.82, 2.24) is 25.1 Å². The summed E-state index contributed by atoms with van der Waals surface area (Å²) in [6.07, 6.45) is 0.477. The van der Waals surface area contributed by atoms with Gasteiger partial charge >= 0.3 is 0 Å². The van der Waals surface area contributed by atoms with Crippen LogP contribution in [0.15, 0.2) is 22.7 Å². The maximum Gasteiger partial charge on any atom is 0.170 e. The van der Waals surface area contributed by atoms with Gasteiger partial charge in [0.1, 0.15) is 0 Å². The molecule has 0 aliphatic carbocycles. The fraction of sp³-hybridized carbons (Fsp3) is 0.533. The average Bonchev–Trinajstić information content (AvgIpc) is 2.85. The monoisotopic (exact) mass is 365 g/mol. The molecule has 1 fully saturated rings. The van der Waals surface area contributed by atoms with Crippen LogP contribution >= 0.6 is 15.9 Å². The van der Waals surface area contributed by atoms with Crippen LogP contribution in [0.4, 0.5) is 0 Å². The third-order valence-corrected chi connectivity index (χ3v) is 4.27. The number of hydrogen-bond donors (Lipinski definition) is 0. The Kier molecular flexibility index (Phi) is 4.56. The van der Waals surface area contributed by atoms with Crippen molar-refractivity contribution in [2.24, 2.45) is 0 Å². The van der Waals surface area contributed by atoms with E-state index in [4.69, 9.17) is 4.74 Å². The van der Waals surface area contributed by atoms with E-state index in [9.17, 15) is 0 Å². The van der Waals surface area contributed by atoms with E-state index in [0.29, 0.717) is 0 Å². The first kappa shape index (κ1) is 15.6. The van der Waals surface area contributed by atoms with E-state index in [1.807, 2.05) is 16.8 Å². The van der Waals surface area contributed by atoms with Crippen LogP contribution in [-0.2, 0) is 11.3 Å². The van der Waals surface area contributed by atoms with Gasteiger partial charge in [-0.1, -0.05) is 15.9 Å². The number of hydrogen-bond acceptors (Lipinski definition) is 5. The van der Waals surface area contributed by atoms with Crippen LogP contribution in [0.2, 0.25) is 0 Å². The molecule has 1 saturated heterocycles. The summed E-state index contributed by atoms with van der Waals surface area (Å²) in [6.45, 7) is 8.78. The second kappa shape index (κ2) is 6.44. The molecule has 2 aromatic rings. The van der Waals surface area contributed by atoms with Crippen molar-refractivity contribution in [3.8, 4) is 5.69 Å². The van der Waals surface area contributed by atoms with E-state index in [-0.39, 0.29) is 12.2 Å². The van der Waals surface area contributed by atoms with E-state index in [0.717, 1.165) is 41.2 Å². The number of ether oxygens (including phenoxy) is 1. The van der Waals surface area contributed by atoms with Crippen LogP contribution in [0.3, 0.4) is 0 Å². The molecular weight excluding hydrogens is 346 g/mol. The SMILES string of the molecule is Cc1cc(Br)ccc1-n1nnnc1CN1C[C@@H](C)O[C@@H](C)C1. The Labute approximate surface area is 138 Å². The number of benzene rings is 1. The number of rotatable bonds is 3. The van der Waals surface area contributed by atoms with Crippen molar-refractivity contribution in [3.63, 3.8) is 0 Å². The average molecular weight is 366 g/mol. The zero-order valence-electron chi connectivity index (χ0n) is 13.0. The molecule has 0 N–H and O–H groups in total. The molecule has 22 heavy (non-hydrogen) atoms. The standard InChI is InChI=1S/C15H20BrN5O/c1-10-6-13(16)4-5-14(10)21-15(17-18-19-21)9-20-7-11(2)22-12(3)8-20/h4-6,11-12H,7-9H2,1-3H3/t11-,12+. The molecule has 0 radical (unpaired) electrons. The summed E-state index contributed by atoms with van der Waals surface area (Å²) >= 11 is 3.49. The van der Waals surface area contributed by atoms with Crippen molar-refractivity contribution in [3.05, 3.63) is 34.1 Å². The van der Waals surface area contributed by atoms with Crippen LogP contribution < -0.4 is 0 Å². The Hall–Kier alpha value is -1.31. The molecule has 6 nitrogen and oxygen atoms in total. The molecule has 0 bridgehead atoms. The van der Waals surface area contributed by atoms with Crippen molar-refractivity contribution in [2.75, 3.05) is 13.1 Å². The highest BCUT2D eigenvalue weighted by Crippen LogP contribution is 2.20. The Balaban J connectivity index is 1.83. The van der Waals surface area contributed by atoms with Crippen molar-refractivity contribution in [1.29, 1.82) is 0 Å². The number of aromatic nitrogens is 4. The smallest absolute Gasteiger partial charge is 0.170 e. The largest absolute Gasteiger partial charge is 0.373 e. The van der Waals surface area contributed by atoms with Crippen LogP contribution in [0.1, 0.15) is 25.2 Å². The molecule has 1 aliphatic heterocycles. The Morgan fingerprint density at radius 2 is 2.00 bits per heavy atom. The highest BCUT2D eigenvalue weighted by Gasteiger charge is 2.24. The number of aryl methyl sites for hydroxylation is 1. The minimum Gasteiger partial charge on any atom is -0.373 e. The summed E-state index contributed by atoms with van der Waals surface area (Å²) in [6, 6.07) is 6.11.